The van der Waals surface area contributed by atoms with Gasteiger partial charge in [0.25, 0.3) is 5.69 Å². The SMILES string of the molecule is COc1ccc(CN2CCc3c(cccc3C(CC(=O)O)c3ccc([N+](=O)[O-])cc3)C2)cc1. The molecule has 33 heavy (non-hydrogen) atoms. The summed E-state index contributed by atoms with van der Waals surface area (Å²) in [4.78, 5) is 24.6. The molecule has 0 bridgehead atoms. The van der Waals surface area contributed by atoms with Gasteiger partial charge in [-0.3, -0.25) is 19.8 Å². The van der Waals surface area contributed by atoms with E-state index in [4.69, 9.17) is 4.74 Å². The summed E-state index contributed by atoms with van der Waals surface area (Å²) >= 11 is 0. The van der Waals surface area contributed by atoms with Gasteiger partial charge in [-0.05, 0) is 46.4 Å². The van der Waals surface area contributed by atoms with E-state index in [-0.39, 0.29) is 18.0 Å². The topological polar surface area (TPSA) is 92.9 Å². The predicted octanol–water partition coefficient (Wildman–Crippen LogP) is 4.77. The zero-order chi connectivity index (χ0) is 23.4. The molecule has 7 heteroatoms. The van der Waals surface area contributed by atoms with E-state index in [0.29, 0.717) is 0 Å². The molecule has 3 aromatic carbocycles. The van der Waals surface area contributed by atoms with Crippen molar-refractivity contribution in [2.45, 2.75) is 31.8 Å². The van der Waals surface area contributed by atoms with Crippen LogP contribution in [0.3, 0.4) is 0 Å². The van der Waals surface area contributed by atoms with E-state index in [0.717, 1.165) is 42.9 Å². The van der Waals surface area contributed by atoms with Crippen molar-refractivity contribution in [2.75, 3.05) is 13.7 Å². The Bertz CT molecular complexity index is 1140. The molecule has 3 aromatic rings. The molecule has 0 aliphatic carbocycles. The molecule has 0 saturated heterocycles. The smallest absolute Gasteiger partial charge is 0.304 e. The minimum atomic E-state index is -0.895. The maximum atomic E-state index is 11.7. The van der Waals surface area contributed by atoms with Crippen LogP contribution in [0, 0.1) is 10.1 Å². The minimum absolute atomic E-state index is 0.00270. The first kappa shape index (κ1) is 22.5. The summed E-state index contributed by atoms with van der Waals surface area (Å²) < 4.78 is 5.23. The van der Waals surface area contributed by atoms with E-state index in [1.54, 1.807) is 19.2 Å². The summed E-state index contributed by atoms with van der Waals surface area (Å²) in [6, 6.07) is 20.4. The van der Waals surface area contributed by atoms with Crippen LogP contribution < -0.4 is 4.74 Å². The number of nitro benzene ring substituents is 1. The number of methoxy groups -OCH3 is 1. The van der Waals surface area contributed by atoms with Crippen molar-refractivity contribution >= 4 is 11.7 Å². The Morgan fingerprint density at radius 1 is 1.12 bits per heavy atom. The monoisotopic (exact) mass is 446 g/mol. The number of non-ortho nitro benzene ring substituents is 1. The summed E-state index contributed by atoms with van der Waals surface area (Å²) in [5, 5.41) is 20.6. The fourth-order valence-electron chi connectivity index (χ4n) is 4.56. The molecular weight excluding hydrogens is 420 g/mol. The number of ether oxygens (including phenoxy) is 1. The number of nitro groups is 1. The van der Waals surface area contributed by atoms with Crippen LogP contribution in [0.4, 0.5) is 5.69 Å². The third-order valence-electron chi connectivity index (χ3n) is 6.21. The number of aliphatic carboxylic acids is 1. The second-order valence-corrected chi connectivity index (χ2v) is 8.29. The van der Waals surface area contributed by atoms with Crippen molar-refractivity contribution in [3.8, 4) is 5.75 Å². The highest BCUT2D eigenvalue weighted by molar-refractivity contribution is 5.69. The van der Waals surface area contributed by atoms with Crippen LogP contribution in [-0.4, -0.2) is 34.6 Å². The molecule has 0 amide bonds. The Balaban J connectivity index is 1.59. The number of fused-ring (bicyclic) bond motifs is 1. The van der Waals surface area contributed by atoms with Crippen molar-refractivity contribution in [3.05, 3.63) is 105 Å². The highest BCUT2D eigenvalue weighted by atomic mass is 16.6. The minimum Gasteiger partial charge on any atom is -0.497 e. The van der Waals surface area contributed by atoms with E-state index in [1.807, 2.05) is 24.3 Å². The average Bonchev–Trinajstić information content (AvgIpc) is 2.82. The lowest BCUT2D eigenvalue weighted by atomic mass is 9.82. The van der Waals surface area contributed by atoms with Crippen LogP contribution in [0.2, 0.25) is 0 Å². The van der Waals surface area contributed by atoms with Gasteiger partial charge in [-0.2, -0.15) is 0 Å². The van der Waals surface area contributed by atoms with Gasteiger partial charge in [0, 0.05) is 37.7 Å². The first-order valence-corrected chi connectivity index (χ1v) is 10.9. The molecule has 1 aliphatic heterocycles. The first-order valence-electron chi connectivity index (χ1n) is 10.9. The van der Waals surface area contributed by atoms with E-state index < -0.39 is 10.9 Å². The lowest BCUT2D eigenvalue weighted by molar-refractivity contribution is -0.384. The van der Waals surface area contributed by atoms with E-state index in [1.165, 1.54) is 28.8 Å². The lowest BCUT2D eigenvalue weighted by Crippen LogP contribution is -2.31. The highest BCUT2D eigenvalue weighted by Crippen LogP contribution is 2.35. The number of hydrogen-bond donors (Lipinski definition) is 1. The summed E-state index contributed by atoms with van der Waals surface area (Å²) in [5.41, 5.74) is 5.37. The van der Waals surface area contributed by atoms with Crippen LogP contribution in [0.25, 0.3) is 0 Å². The van der Waals surface area contributed by atoms with E-state index in [9.17, 15) is 20.0 Å². The summed E-state index contributed by atoms with van der Waals surface area (Å²) in [6.07, 6.45) is 0.759. The number of rotatable bonds is 8. The van der Waals surface area contributed by atoms with Crippen LogP contribution in [0.5, 0.6) is 5.75 Å². The Labute approximate surface area is 192 Å². The van der Waals surface area contributed by atoms with E-state index >= 15 is 0 Å². The van der Waals surface area contributed by atoms with Gasteiger partial charge in [0.05, 0.1) is 18.5 Å². The maximum absolute atomic E-state index is 11.7. The fourth-order valence-corrected chi connectivity index (χ4v) is 4.56. The third kappa shape index (κ3) is 5.21. The Kier molecular flexibility index (Phi) is 6.70. The highest BCUT2D eigenvalue weighted by Gasteiger charge is 2.25. The standard InChI is InChI=1S/C26H26N2O5/c1-33-22-11-5-18(6-12-22)16-27-14-13-23-20(17-27)3-2-4-24(23)25(15-26(29)30)19-7-9-21(10-8-19)28(31)32/h2-12,25H,13-17H2,1H3,(H,29,30). The number of benzene rings is 3. The Morgan fingerprint density at radius 2 is 1.85 bits per heavy atom. The van der Waals surface area contributed by atoms with Crippen molar-refractivity contribution < 1.29 is 19.6 Å². The number of carbonyl (C=O) groups is 1. The molecule has 0 radical (unpaired) electrons. The molecule has 0 saturated carbocycles. The predicted molar refractivity (Wildman–Crippen MR) is 124 cm³/mol. The quantitative estimate of drug-likeness (QED) is 0.396. The summed E-state index contributed by atoms with van der Waals surface area (Å²) in [6.45, 7) is 2.49. The fraction of sp³-hybridized carbons (Fsp3) is 0.269. The number of carboxylic acid groups (broad SMARTS) is 1. The van der Waals surface area contributed by atoms with Crippen molar-refractivity contribution in [2.24, 2.45) is 0 Å². The van der Waals surface area contributed by atoms with Gasteiger partial charge >= 0.3 is 5.97 Å². The summed E-state index contributed by atoms with van der Waals surface area (Å²) in [7, 11) is 1.66. The average molecular weight is 447 g/mol. The van der Waals surface area contributed by atoms with Gasteiger partial charge in [0.15, 0.2) is 0 Å². The first-order chi connectivity index (χ1) is 15.9. The van der Waals surface area contributed by atoms with Crippen molar-refractivity contribution in [1.82, 2.24) is 4.90 Å². The Hall–Kier alpha value is -3.71. The molecule has 0 spiro atoms. The zero-order valence-corrected chi connectivity index (χ0v) is 18.4. The Morgan fingerprint density at radius 3 is 2.48 bits per heavy atom. The normalized spacial score (nSPS) is 14.3. The molecule has 4 rings (SSSR count). The largest absolute Gasteiger partial charge is 0.497 e. The molecule has 1 aliphatic rings. The molecule has 0 fully saturated rings. The van der Waals surface area contributed by atoms with Gasteiger partial charge in [-0.15, -0.1) is 0 Å². The number of carboxylic acids is 1. The van der Waals surface area contributed by atoms with Crippen molar-refractivity contribution in [3.63, 3.8) is 0 Å². The van der Waals surface area contributed by atoms with Gasteiger partial charge < -0.3 is 9.84 Å². The zero-order valence-electron chi connectivity index (χ0n) is 18.4. The van der Waals surface area contributed by atoms with Crippen LogP contribution >= 0.6 is 0 Å². The van der Waals surface area contributed by atoms with Crippen LogP contribution in [-0.2, 0) is 24.3 Å². The molecule has 1 unspecified atom stereocenters. The molecular formula is C26H26N2O5. The molecule has 1 atom stereocenters. The number of nitrogens with zero attached hydrogens (tertiary/aromatic N) is 2. The second-order valence-electron chi connectivity index (χ2n) is 8.29. The molecule has 0 aromatic heterocycles. The van der Waals surface area contributed by atoms with Gasteiger partial charge in [0.1, 0.15) is 5.75 Å². The maximum Gasteiger partial charge on any atom is 0.304 e. The van der Waals surface area contributed by atoms with Gasteiger partial charge in [-0.1, -0.05) is 42.5 Å². The van der Waals surface area contributed by atoms with Gasteiger partial charge in [-0.25, -0.2) is 0 Å². The summed E-state index contributed by atoms with van der Waals surface area (Å²) in [5.74, 6) is -0.414. The van der Waals surface area contributed by atoms with Crippen molar-refractivity contribution in [1.29, 1.82) is 0 Å². The van der Waals surface area contributed by atoms with E-state index in [2.05, 4.69) is 23.1 Å². The molecule has 1 N–H and O–H groups in total. The second kappa shape index (κ2) is 9.83. The molecule has 1 heterocycles. The number of hydrogen-bond acceptors (Lipinski definition) is 5. The molecule has 170 valence electrons. The van der Waals surface area contributed by atoms with Gasteiger partial charge in [0.2, 0.25) is 0 Å². The van der Waals surface area contributed by atoms with Crippen LogP contribution in [0.1, 0.15) is 40.2 Å². The molecule has 7 nitrogen and oxygen atoms in total. The lowest BCUT2D eigenvalue weighted by Gasteiger charge is -2.32. The van der Waals surface area contributed by atoms with Crippen LogP contribution in [0.15, 0.2) is 66.7 Å². The third-order valence-corrected chi connectivity index (χ3v) is 6.21.